The van der Waals surface area contributed by atoms with E-state index < -0.39 is 0 Å². The zero-order valence-corrected chi connectivity index (χ0v) is 17.1. The van der Waals surface area contributed by atoms with Gasteiger partial charge in [-0.2, -0.15) is 4.98 Å². The van der Waals surface area contributed by atoms with Gasteiger partial charge in [-0.1, -0.05) is 35.5 Å². The lowest BCUT2D eigenvalue weighted by atomic mass is 9.80. The van der Waals surface area contributed by atoms with Crippen LogP contribution >= 0.6 is 0 Å². The summed E-state index contributed by atoms with van der Waals surface area (Å²) in [6.07, 6.45) is 6.88. The molecule has 1 N–H and O–H groups in total. The van der Waals surface area contributed by atoms with Crippen molar-refractivity contribution in [3.05, 3.63) is 66.3 Å². The van der Waals surface area contributed by atoms with Crippen molar-refractivity contribution in [3.8, 4) is 0 Å². The molecule has 0 radical (unpaired) electrons. The second-order valence-corrected chi connectivity index (χ2v) is 8.59. The zero-order chi connectivity index (χ0) is 20.6. The molecule has 0 spiro atoms. The summed E-state index contributed by atoms with van der Waals surface area (Å²) in [5.41, 5.74) is 1.10. The van der Waals surface area contributed by atoms with Gasteiger partial charge in [0.1, 0.15) is 6.54 Å². The molecule has 8 heteroatoms. The molecule has 1 aliphatic carbocycles. The third kappa shape index (κ3) is 3.63. The van der Waals surface area contributed by atoms with Crippen molar-refractivity contribution in [2.75, 3.05) is 13.1 Å². The number of carbonyl (C=O) groups excluding carboxylic acids is 1. The molecule has 1 aromatic carbocycles. The minimum absolute atomic E-state index is 0.0102. The Kier molecular flexibility index (Phi) is 4.86. The number of amides is 1. The van der Waals surface area contributed by atoms with Crippen LogP contribution in [0.15, 0.2) is 53.6 Å². The quantitative estimate of drug-likeness (QED) is 0.673. The van der Waals surface area contributed by atoms with Gasteiger partial charge in [0, 0.05) is 38.1 Å². The fraction of sp³-hybridized carbons (Fsp3) is 0.455. The van der Waals surface area contributed by atoms with Crippen molar-refractivity contribution in [2.24, 2.45) is 5.92 Å². The van der Waals surface area contributed by atoms with Gasteiger partial charge in [0.05, 0.1) is 11.7 Å². The summed E-state index contributed by atoms with van der Waals surface area (Å²) < 4.78 is 7.46. The average Bonchev–Trinajstić information content (AvgIpc) is 3.48. The molecule has 0 bridgehead atoms. The van der Waals surface area contributed by atoms with E-state index in [1.807, 2.05) is 13.0 Å². The lowest BCUT2D eigenvalue weighted by Crippen LogP contribution is -2.39. The number of benzene rings is 1. The summed E-state index contributed by atoms with van der Waals surface area (Å²) in [6, 6.07) is 10.6. The standard InChI is InChI=1S/C22H26N6O2/c1-16-24-21(30-26-16)22-10-19(25-20(29)13-27-8-7-23-15-27)9-18(22)12-28(14-22)11-17-5-3-2-4-6-17/h2-8,15,18-19H,9-14H2,1H3,(H,25,29)/t18-,19+,22-/m0/s1. The highest BCUT2D eigenvalue weighted by molar-refractivity contribution is 5.76. The number of rotatable bonds is 6. The number of nitrogens with one attached hydrogen (secondary N) is 1. The van der Waals surface area contributed by atoms with Crippen molar-refractivity contribution in [3.63, 3.8) is 0 Å². The Morgan fingerprint density at radius 1 is 1.33 bits per heavy atom. The molecule has 3 aromatic rings. The average molecular weight is 406 g/mol. The molecular formula is C22H26N6O2. The summed E-state index contributed by atoms with van der Waals surface area (Å²) in [5, 5.41) is 7.27. The van der Waals surface area contributed by atoms with Crippen LogP contribution in [0.1, 0.15) is 30.1 Å². The van der Waals surface area contributed by atoms with Crippen LogP contribution < -0.4 is 5.32 Å². The molecule has 5 rings (SSSR count). The Labute approximate surface area is 175 Å². The number of likely N-dealkylation sites (tertiary alicyclic amines) is 1. The highest BCUT2D eigenvalue weighted by atomic mass is 16.5. The maximum atomic E-state index is 12.5. The van der Waals surface area contributed by atoms with Gasteiger partial charge in [0.25, 0.3) is 0 Å². The maximum Gasteiger partial charge on any atom is 0.240 e. The molecule has 2 aromatic heterocycles. The van der Waals surface area contributed by atoms with E-state index in [0.29, 0.717) is 17.6 Å². The lowest BCUT2D eigenvalue weighted by Gasteiger charge is -2.25. The third-order valence-electron chi connectivity index (χ3n) is 6.40. The van der Waals surface area contributed by atoms with E-state index in [2.05, 4.69) is 49.6 Å². The van der Waals surface area contributed by atoms with Crippen molar-refractivity contribution in [2.45, 2.75) is 44.3 Å². The Balaban J connectivity index is 1.31. The first kappa shape index (κ1) is 19.0. The summed E-state index contributed by atoms with van der Waals surface area (Å²) >= 11 is 0. The van der Waals surface area contributed by atoms with Crippen LogP contribution in [0, 0.1) is 12.8 Å². The van der Waals surface area contributed by atoms with Gasteiger partial charge in [-0.05, 0) is 31.2 Å². The van der Waals surface area contributed by atoms with E-state index >= 15 is 0 Å². The first-order valence-corrected chi connectivity index (χ1v) is 10.4. The third-order valence-corrected chi connectivity index (χ3v) is 6.40. The molecule has 30 heavy (non-hydrogen) atoms. The van der Waals surface area contributed by atoms with Crippen LogP contribution in [-0.4, -0.2) is 49.6 Å². The second kappa shape index (κ2) is 7.68. The summed E-state index contributed by atoms with van der Waals surface area (Å²) in [5.74, 6) is 1.76. The highest BCUT2D eigenvalue weighted by Crippen LogP contribution is 2.50. The molecule has 1 amide bonds. The molecule has 2 aliphatic rings. The van der Waals surface area contributed by atoms with Gasteiger partial charge in [-0.15, -0.1) is 0 Å². The van der Waals surface area contributed by atoms with Gasteiger partial charge in [0.2, 0.25) is 11.8 Å². The zero-order valence-electron chi connectivity index (χ0n) is 17.1. The van der Waals surface area contributed by atoms with E-state index in [-0.39, 0.29) is 23.9 Å². The SMILES string of the molecule is Cc1noc([C@]23C[C@H](NC(=O)Cn4ccnc4)C[C@H]2CN(Cc2ccccc2)C3)n1. The predicted octanol–water partition coefficient (Wildman–Crippen LogP) is 1.92. The molecule has 8 nitrogen and oxygen atoms in total. The topological polar surface area (TPSA) is 89.1 Å². The monoisotopic (exact) mass is 406 g/mol. The Bertz CT molecular complexity index is 1000. The number of nitrogens with zero attached hydrogens (tertiary/aromatic N) is 5. The minimum atomic E-state index is -0.205. The molecule has 1 saturated heterocycles. The highest BCUT2D eigenvalue weighted by Gasteiger charge is 2.57. The summed E-state index contributed by atoms with van der Waals surface area (Å²) in [6.45, 7) is 4.87. The van der Waals surface area contributed by atoms with Gasteiger partial charge < -0.3 is 14.4 Å². The number of carbonyl (C=O) groups is 1. The van der Waals surface area contributed by atoms with E-state index in [1.54, 1.807) is 23.3 Å². The molecule has 156 valence electrons. The summed E-state index contributed by atoms with van der Waals surface area (Å²) in [7, 11) is 0. The van der Waals surface area contributed by atoms with Crippen LogP contribution in [0.25, 0.3) is 0 Å². The van der Waals surface area contributed by atoms with Crippen molar-refractivity contribution in [1.82, 2.24) is 29.9 Å². The van der Waals surface area contributed by atoms with E-state index in [0.717, 1.165) is 32.5 Å². The van der Waals surface area contributed by atoms with Crippen LogP contribution in [-0.2, 0) is 23.3 Å². The van der Waals surface area contributed by atoms with Crippen molar-refractivity contribution < 1.29 is 9.32 Å². The van der Waals surface area contributed by atoms with Crippen LogP contribution in [0.3, 0.4) is 0 Å². The number of imidazole rings is 1. The Hall–Kier alpha value is -3.00. The van der Waals surface area contributed by atoms with Gasteiger partial charge in [-0.3, -0.25) is 9.69 Å². The van der Waals surface area contributed by atoms with Crippen molar-refractivity contribution in [1.29, 1.82) is 0 Å². The van der Waals surface area contributed by atoms with E-state index in [4.69, 9.17) is 4.52 Å². The molecule has 3 atom stereocenters. The van der Waals surface area contributed by atoms with Crippen LogP contribution in [0.2, 0.25) is 0 Å². The molecule has 0 unspecified atom stereocenters. The minimum Gasteiger partial charge on any atom is -0.352 e. The Morgan fingerprint density at radius 2 is 2.20 bits per heavy atom. The van der Waals surface area contributed by atoms with E-state index in [1.165, 1.54) is 5.56 Å². The van der Waals surface area contributed by atoms with E-state index in [9.17, 15) is 4.79 Å². The van der Waals surface area contributed by atoms with Crippen molar-refractivity contribution >= 4 is 5.91 Å². The number of fused-ring (bicyclic) bond motifs is 1. The van der Waals surface area contributed by atoms with Gasteiger partial charge in [0.15, 0.2) is 5.82 Å². The smallest absolute Gasteiger partial charge is 0.240 e. The normalized spacial score (nSPS) is 26.0. The molecular weight excluding hydrogens is 380 g/mol. The molecule has 2 fully saturated rings. The number of aryl methyl sites for hydroxylation is 1. The molecule has 1 aliphatic heterocycles. The number of hydrogen-bond donors (Lipinski definition) is 1. The van der Waals surface area contributed by atoms with Gasteiger partial charge in [-0.25, -0.2) is 4.98 Å². The lowest BCUT2D eigenvalue weighted by molar-refractivity contribution is -0.122. The van der Waals surface area contributed by atoms with Gasteiger partial charge >= 0.3 is 0 Å². The summed E-state index contributed by atoms with van der Waals surface area (Å²) in [4.78, 5) is 23.6. The largest absolute Gasteiger partial charge is 0.352 e. The first-order valence-electron chi connectivity index (χ1n) is 10.4. The Morgan fingerprint density at radius 3 is 2.93 bits per heavy atom. The number of aromatic nitrogens is 4. The fourth-order valence-corrected chi connectivity index (χ4v) is 5.20. The molecule has 1 saturated carbocycles. The number of hydrogen-bond acceptors (Lipinski definition) is 6. The van der Waals surface area contributed by atoms with Crippen LogP contribution in [0.5, 0.6) is 0 Å². The molecule has 3 heterocycles. The fourth-order valence-electron chi connectivity index (χ4n) is 5.20. The van der Waals surface area contributed by atoms with Crippen LogP contribution in [0.4, 0.5) is 0 Å². The predicted molar refractivity (Wildman–Crippen MR) is 109 cm³/mol. The second-order valence-electron chi connectivity index (χ2n) is 8.59. The first-order chi connectivity index (χ1) is 14.6. The maximum absolute atomic E-state index is 12.5.